The Kier molecular flexibility index (Phi) is 3.23. The zero-order chi connectivity index (χ0) is 14.1. The van der Waals surface area contributed by atoms with Crippen LogP contribution in [0.15, 0.2) is 51.5 Å². The first kappa shape index (κ1) is 12.8. The van der Waals surface area contributed by atoms with Gasteiger partial charge >= 0.3 is 0 Å². The van der Waals surface area contributed by atoms with Gasteiger partial charge in [-0.3, -0.25) is 0 Å². The Balaban J connectivity index is 1.97. The molecule has 2 aromatic carbocycles. The fraction of sp³-hybridized carbons (Fsp3) is 0. The number of hydrogen-bond acceptors (Lipinski definition) is 4. The molecule has 0 radical (unpaired) electrons. The van der Waals surface area contributed by atoms with Gasteiger partial charge in [-0.15, -0.1) is 0 Å². The molecule has 0 bridgehead atoms. The predicted molar refractivity (Wildman–Crippen MR) is 77.2 cm³/mol. The van der Waals surface area contributed by atoms with Gasteiger partial charge in [0.2, 0.25) is 5.82 Å². The van der Waals surface area contributed by atoms with E-state index in [1.54, 1.807) is 6.07 Å². The van der Waals surface area contributed by atoms with E-state index in [-0.39, 0.29) is 11.6 Å². The normalized spacial score (nSPS) is 10.7. The van der Waals surface area contributed by atoms with Crippen LogP contribution in [-0.2, 0) is 0 Å². The van der Waals surface area contributed by atoms with Gasteiger partial charge < -0.3 is 10.3 Å². The summed E-state index contributed by atoms with van der Waals surface area (Å²) in [7, 11) is 0. The van der Waals surface area contributed by atoms with Gasteiger partial charge in [-0.05, 0) is 42.5 Å². The van der Waals surface area contributed by atoms with Crippen molar-refractivity contribution in [1.82, 2.24) is 10.1 Å². The van der Waals surface area contributed by atoms with E-state index in [1.165, 1.54) is 12.1 Å². The summed E-state index contributed by atoms with van der Waals surface area (Å²) in [6.45, 7) is 0. The monoisotopic (exact) mass is 333 g/mol. The molecule has 0 amide bonds. The molecule has 0 aliphatic carbocycles. The zero-order valence-corrected chi connectivity index (χ0v) is 11.8. The lowest BCUT2D eigenvalue weighted by molar-refractivity contribution is 0.432. The third-order valence-electron chi connectivity index (χ3n) is 2.78. The molecular weight excluding hydrogens is 325 g/mol. The van der Waals surface area contributed by atoms with Gasteiger partial charge in [-0.2, -0.15) is 4.98 Å². The first-order chi connectivity index (χ1) is 9.63. The summed E-state index contributed by atoms with van der Waals surface area (Å²) < 4.78 is 19.5. The van der Waals surface area contributed by atoms with E-state index in [4.69, 9.17) is 10.3 Å². The van der Waals surface area contributed by atoms with Crippen molar-refractivity contribution in [3.05, 3.63) is 52.8 Å². The molecule has 1 aromatic heterocycles. The van der Waals surface area contributed by atoms with Crippen LogP contribution in [0.25, 0.3) is 22.8 Å². The van der Waals surface area contributed by atoms with Crippen LogP contribution in [0.4, 0.5) is 10.1 Å². The highest BCUT2D eigenvalue weighted by atomic mass is 79.9. The lowest BCUT2D eigenvalue weighted by Gasteiger charge is -1.97. The maximum absolute atomic E-state index is 13.4. The van der Waals surface area contributed by atoms with Crippen molar-refractivity contribution in [2.45, 2.75) is 0 Å². The van der Waals surface area contributed by atoms with Crippen LogP contribution in [0, 0.1) is 5.82 Å². The minimum absolute atomic E-state index is 0.0846. The van der Waals surface area contributed by atoms with Gasteiger partial charge in [0.25, 0.3) is 5.89 Å². The summed E-state index contributed by atoms with van der Waals surface area (Å²) >= 11 is 3.36. The molecule has 0 fully saturated rings. The van der Waals surface area contributed by atoms with E-state index in [9.17, 15) is 4.39 Å². The number of anilines is 1. The van der Waals surface area contributed by atoms with Crippen LogP contribution < -0.4 is 5.73 Å². The van der Waals surface area contributed by atoms with Crippen molar-refractivity contribution in [2.24, 2.45) is 0 Å². The maximum atomic E-state index is 13.4. The van der Waals surface area contributed by atoms with E-state index < -0.39 is 5.82 Å². The quantitative estimate of drug-likeness (QED) is 0.722. The fourth-order valence-electron chi connectivity index (χ4n) is 1.72. The van der Waals surface area contributed by atoms with Crippen molar-refractivity contribution >= 4 is 21.6 Å². The molecule has 0 spiro atoms. The topological polar surface area (TPSA) is 64.9 Å². The summed E-state index contributed by atoms with van der Waals surface area (Å²) in [6, 6.07) is 11.9. The number of nitrogens with zero attached hydrogens (tertiary/aromatic N) is 2. The molecular formula is C14H9BrFN3O. The summed E-state index contributed by atoms with van der Waals surface area (Å²) in [5.74, 6) is 0.192. The number of rotatable bonds is 2. The molecule has 0 aliphatic heterocycles. The largest absolute Gasteiger partial charge is 0.396 e. The smallest absolute Gasteiger partial charge is 0.258 e. The summed E-state index contributed by atoms with van der Waals surface area (Å²) in [5, 5.41) is 3.89. The second-order valence-electron chi connectivity index (χ2n) is 4.17. The minimum atomic E-state index is -0.508. The Morgan fingerprint density at radius 3 is 2.45 bits per heavy atom. The second-order valence-corrected chi connectivity index (χ2v) is 5.08. The van der Waals surface area contributed by atoms with Crippen LogP contribution >= 0.6 is 15.9 Å². The fourth-order valence-corrected chi connectivity index (χ4v) is 1.98. The molecule has 3 rings (SSSR count). The van der Waals surface area contributed by atoms with E-state index in [2.05, 4.69) is 26.1 Å². The Hall–Kier alpha value is -2.21. The van der Waals surface area contributed by atoms with Crippen LogP contribution in [-0.4, -0.2) is 10.1 Å². The molecule has 0 aliphatic rings. The highest BCUT2D eigenvalue weighted by Gasteiger charge is 2.12. The average molecular weight is 334 g/mol. The number of nitrogen functional groups attached to an aromatic ring is 1. The maximum Gasteiger partial charge on any atom is 0.258 e. The van der Waals surface area contributed by atoms with E-state index in [0.717, 1.165) is 10.0 Å². The number of aromatic nitrogens is 2. The molecule has 0 unspecified atom stereocenters. The van der Waals surface area contributed by atoms with Crippen LogP contribution in [0.3, 0.4) is 0 Å². The summed E-state index contributed by atoms with van der Waals surface area (Å²) in [6.07, 6.45) is 0. The van der Waals surface area contributed by atoms with Crippen molar-refractivity contribution in [1.29, 1.82) is 0 Å². The van der Waals surface area contributed by atoms with Gasteiger partial charge in [-0.1, -0.05) is 21.1 Å². The summed E-state index contributed by atoms with van der Waals surface area (Å²) in [5.41, 5.74) is 6.83. The molecule has 0 atom stereocenters. The lowest BCUT2D eigenvalue weighted by Crippen LogP contribution is -1.90. The molecule has 3 aromatic rings. The molecule has 2 N–H and O–H groups in total. The Labute approximate surface area is 122 Å². The Morgan fingerprint density at radius 1 is 1.05 bits per heavy atom. The van der Waals surface area contributed by atoms with Crippen LogP contribution in [0.1, 0.15) is 0 Å². The third-order valence-corrected chi connectivity index (χ3v) is 3.30. The number of halogens is 2. The van der Waals surface area contributed by atoms with Gasteiger partial charge in [-0.25, -0.2) is 4.39 Å². The standard InChI is InChI=1S/C14H9BrFN3O/c15-10-4-1-8(2-5-10)13-18-14(20-19-13)9-3-6-12(17)11(16)7-9/h1-7H,17H2. The van der Waals surface area contributed by atoms with Gasteiger partial charge in [0, 0.05) is 15.6 Å². The van der Waals surface area contributed by atoms with Crippen molar-refractivity contribution in [3.63, 3.8) is 0 Å². The number of nitrogens with two attached hydrogens (primary N) is 1. The van der Waals surface area contributed by atoms with Gasteiger partial charge in [0.1, 0.15) is 5.82 Å². The van der Waals surface area contributed by atoms with Gasteiger partial charge in [0.05, 0.1) is 5.69 Å². The molecule has 0 saturated carbocycles. The molecule has 6 heteroatoms. The first-order valence-corrected chi connectivity index (χ1v) is 6.58. The highest BCUT2D eigenvalue weighted by molar-refractivity contribution is 9.10. The van der Waals surface area contributed by atoms with E-state index in [0.29, 0.717) is 11.4 Å². The van der Waals surface area contributed by atoms with E-state index in [1.807, 2.05) is 24.3 Å². The predicted octanol–water partition coefficient (Wildman–Crippen LogP) is 3.89. The molecule has 0 saturated heterocycles. The first-order valence-electron chi connectivity index (χ1n) is 5.78. The number of benzene rings is 2. The molecule has 4 nitrogen and oxygen atoms in total. The van der Waals surface area contributed by atoms with Crippen LogP contribution in [0.5, 0.6) is 0 Å². The number of hydrogen-bond donors (Lipinski definition) is 1. The van der Waals surface area contributed by atoms with Crippen LogP contribution in [0.2, 0.25) is 0 Å². The second kappa shape index (κ2) is 5.05. The molecule has 1 heterocycles. The molecule has 100 valence electrons. The molecule has 20 heavy (non-hydrogen) atoms. The minimum Gasteiger partial charge on any atom is -0.396 e. The highest BCUT2D eigenvalue weighted by Crippen LogP contribution is 2.25. The lowest BCUT2D eigenvalue weighted by atomic mass is 10.2. The third kappa shape index (κ3) is 2.42. The SMILES string of the molecule is Nc1ccc(-c2nc(-c3ccc(Br)cc3)no2)cc1F. The summed E-state index contributed by atoms with van der Waals surface area (Å²) in [4.78, 5) is 4.25. The Morgan fingerprint density at radius 2 is 1.75 bits per heavy atom. The van der Waals surface area contributed by atoms with Crippen molar-refractivity contribution in [3.8, 4) is 22.8 Å². The average Bonchev–Trinajstić information content (AvgIpc) is 2.92. The van der Waals surface area contributed by atoms with Crippen molar-refractivity contribution < 1.29 is 8.91 Å². The van der Waals surface area contributed by atoms with E-state index >= 15 is 0 Å². The Bertz CT molecular complexity index is 755. The zero-order valence-electron chi connectivity index (χ0n) is 10.2. The van der Waals surface area contributed by atoms with Gasteiger partial charge in [0.15, 0.2) is 0 Å². The van der Waals surface area contributed by atoms with Crippen molar-refractivity contribution in [2.75, 3.05) is 5.73 Å².